The Morgan fingerprint density at radius 1 is 1.26 bits per heavy atom. The molecule has 1 aromatic carbocycles. The van der Waals surface area contributed by atoms with E-state index in [2.05, 4.69) is 21.2 Å². The minimum absolute atomic E-state index is 0.166. The summed E-state index contributed by atoms with van der Waals surface area (Å²) < 4.78 is 0.977. The smallest absolute Gasteiger partial charge is 0.253 e. The summed E-state index contributed by atoms with van der Waals surface area (Å²) in [5.74, 6) is 0.166. The Morgan fingerprint density at radius 2 is 2.05 bits per heavy atom. The van der Waals surface area contributed by atoms with Gasteiger partial charge >= 0.3 is 0 Å². The Morgan fingerprint density at radius 3 is 2.84 bits per heavy atom. The Hall–Kier alpha value is -0.870. The first-order chi connectivity index (χ1) is 9.11. The van der Waals surface area contributed by atoms with Crippen LogP contribution in [-0.4, -0.2) is 36.0 Å². The molecule has 2 heterocycles. The molecule has 2 saturated heterocycles. The van der Waals surface area contributed by atoms with E-state index in [1.54, 1.807) is 0 Å². The van der Waals surface area contributed by atoms with Gasteiger partial charge in [0.25, 0.3) is 5.91 Å². The average Bonchev–Trinajstić information content (AvgIpc) is 2.67. The quantitative estimate of drug-likeness (QED) is 0.862. The fraction of sp³-hybridized carbons (Fsp3) is 0.533. The van der Waals surface area contributed by atoms with Crippen LogP contribution in [0.4, 0.5) is 0 Å². The third-order valence-corrected chi connectivity index (χ3v) is 4.56. The highest BCUT2D eigenvalue weighted by Crippen LogP contribution is 2.23. The number of likely N-dealkylation sites (tertiary alicyclic amines) is 1. The number of carbonyl (C=O) groups excluding carboxylic acids is 1. The normalized spacial score (nSPS) is 26.3. The Bertz CT molecular complexity index is 483. The van der Waals surface area contributed by atoms with Gasteiger partial charge < -0.3 is 10.2 Å². The number of amides is 1. The first-order valence-corrected chi connectivity index (χ1v) is 7.73. The lowest BCUT2D eigenvalue weighted by Crippen LogP contribution is -2.39. The van der Waals surface area contributed by atoms with Crippen LogP contribution in [0.1, 0.15) is 35.2 Å². The van der Waals surface area contributed by atoms with E-state index in [0.717, 1.165) is 35.1 Å². The predicted octanol–water partition coefficient (Wildman–Crippen LogP) is 2.72. The molecule has 1 amide bonds. The van der Waals surface area contributed by atoms with E-state index in [4.69, 9.17) is 0 Å². The van der Waals surface area contributed by atoms with Gasteiger partial charge in [0.15, 0.2) is 0 Å². The molecule has 0 aliphatic carbocycles. The molecule has 0 aromatic heterocycles. The zero-order chi connectivity index (χ0) is 13.4. The number of carbonyl (C=O) groups is 1. The molecule has 3 nitrogen and oxygen atoms in total. The van der Waals surface area contributed by atoms with Crippen molar-refractivity contribution in [3.8, 4) is 0 Å². The van der Waals surface area contributed by atoms with Crippen LogP contribution < -0.4 is 5.32 Å². The van der Waals surface area contributed by atoms with Crippen LogP contribution in [0.25, 0.3) is 0 Å². The predicted molar refractivity (Wildman–Crippen MR) is 79.3 cm³/mol. The van der Waals surface area contributed by atoms with E-state index in [9.17, 15) is 4.79 Å². The maximum Gasteiger partial charge on any atom is 0.253 e. The molecular formula is C15H19BrN2O. The Labute approximate surface area is 122 Å². The molecule has 2 bridgehead atoms. The fourth-order valence-corrected chi connectivity index (χ4v) is 3.78. The van der Waals surface area contributed by atoms with E-state index in [-0.39, 0.29) is 5.91 Å². The van der Waals surface area contributed by atoms with Crippen LogP contribution in [0.3, 0.4) is 0 Å². The van der Waals surface area contributed by atoms with Crippen molar-refractivity contribution in [1.82, 2.24) is 10.2 Å². The SMILES string of the molecule is Cc1cc(Br)cc(C(=O)N2CCC3CCC(C2)N3)c1. The van der Waals surface area contributed by atoms with Gasteiger partial charge in [0.05, 0.1) is 0 Å². The Balaban J connectivity index is 1.79. The standard InChI is InChI=1S/C15H19BrN2O/c1-10-6-11(8-12(16)7-10)15(19)18-5-4-13-2-3-14(9-18)17-13/h6-8,13-14,17H,2-5,9H2,1H3. The second-order valence-corrected chi connectivity index (χ2v) is 6.61. The molecular weight excluding hydrogens is 304 g/mol. The molecule has 2 unspecified atom stereocenters. The third-order valence-electron chi connectivity index (χ3n) is 4.10. The second kappa shape index (κ2) is 5.25. The molecule has 2 fully saturated rings. The van der Waals surface area contributed by atoms with Crippen molar-refractivity contribution >= 4 is 21.8 Å². The van der Waals surface area contributed by atoms with Crippen LogP contribution in [-0.2, 0) is 0 Å². The van der Waals surface area contributed by atoms with Gasteiger partial charge in [-0.25, -0.2) is 0 Å². The van der Waals surface area contributed by atoms with Crippen molar-refractivity contribution in [2.24, 2.45) is 0 Å². The zero-order valence-electron chi connectivity index (χ0n) is 11.2. The van der Waals surface area contributed by atoms with E-state index < -0.39 is 0 Å². The molecule has 0 radical (unpaired) electrons. The van der Waals surface area contributed by atoms with Gasteiger partial charge in [0, 0.05) is 35.2 Å². The van der Waals surface area contributed by atoms with Gasteiger partial charge in [0.2, 0.25) is 0 Å². The molecule has 4 heteroatoms. The number of aryl methyl sites for hydroxylation is 1. The van der Waals surface area contributed by atoms with Crippen molar-refractivity contribution in [1.29, 1.82) is 0 Å². The number of fused-ring (bicyclic) bond motifs is 2. The summed E-state index contributed by atoms with van der Waals surface area (Å²) in [6.45, 7) is 3.74. The second-order valence-electron chi connectivity index (χ2n) is 5.69. The monoisotopic (exact) mass is 322 g/mol. The summed E-state index contributed by atoms with van der Waals surface area (Å²) in [6, 6.07) is 7.04. The molecule has 2 atom stereocenters. The molecule has 19 heavy (non-hydrogen) atoms. The summed E-state index contributed by atoms with van der Waals surface area (Å²) in [5, 5.41) is 3.61. The lowest BCUT2D eigenvalue weighted by Gasteiger charge is -2.24. The summed E-state index contributed by atoms with van der Waals surface area (Å²) in [4.78, 5) is 14.6. The fourth-order valence-electron chi connectivity index (χ4n) is 3.17. The van der Waals surface area contributed by atoms with Gasteiger partial charge in [0.1, 0.15) is 0 Å². The van der Waals surface area contributed by atoms with E-state index in [0.29, 0.717) is 12.1 Å². The molecule has 1 aromatic rings. The molecule has 3 rings (SSSR count). The maximum atomic E-state index is 12.6. The van der Waals surface area contributed by atoms with Crippen molar-refractivity contribution in [2.45, 2.75) is 38.3 Å². The summed E-state index contributed by atoms with van der Waals surface area (Å²) in [6.07, 6.45) is 3.55. The number of nitrogens with zero attached hydrogens (tertiary/aromatic N) is 1. The van der Waals surface area contributed by atoms with Crippen molar-refractivity contribution in [3.63, 3.8) is 0 Å². The number of benzene rings is 1. The van der Waals surface area contributed by atoms with Gasteiger partial charge in [-0.15, -0.1) is 0 Å². The van der Waals surface area contributed by atoms with Crippen molar-refractivity contribution in [3.05, 3.63) is 33.8 Å². The van der Waals surface area contributed by atoms with Gasteiger partial charge in [-0.2, -0.15) is 0 Å². The summed E-state index contributed by atoms with van der Waals surface area (Å²) >= 11 is 3.47. The van der Waals surface area contributed by atoms with Crippen LogP contribution in [0.5, 0.6) is 0 Å². The van der Waals surface area contributed by atoms with E-state index in [1.165, 1.54) is 12.8 Å². The minimum atomic E-state index is 0.166. The molecule has 2 aliphatic rings. The molecule has 0 spiro atoms. The first-order valence-electron chi connectivity index (χ1n) is 6.94. The van der Waals surface area contributed by atoms with Crippen LogP contribution in [0.2, 0.25) is 0 Å². The van der Waals surface area contributed by atoms with Crippen LogP contribution in [0.15, 0.2) is 22.7 Å². The molecule has 1 N–H and O–H groups in total. The van der Waals surface area contributed by atoms with E-state index in [1.807, 2.05) is 30.0 Å². The number of hydrogen-bond acceptors (Lipinski definition) is 2. The number of nitrogens with one attached hydrogen (secondary N) is 1. The lowest BCUT2D eigenvalue weighted by atomic mass is 10.1. The Kier molecular flexibility index (Phi) is 3.63. The zero-order valence-corrected chi connectivity index (χ0v) is 12.7. The largest absolute Gasteiger partial charge is 0.337 e. The summed E-state index contributed by atoms with van der Waals surface area (Å²) in [5.41, 5.74) is 1.91. The first kappa shape index (κ1) is 13.1. The number of rotatable bonds is 1. The average molecular weight is 323 g/mol. The van der Waals surface area contributed by atoms with E-state index >= 15 is 0 Å². The highest BCUT2D eigenvalue weighted by molar-refractivity contribution is 9.10. The highest BCUT2D eigenvalue weighted by Gasteiger charge is 2.31. The van der Waals surface area contributed by atoms with Crippen molar-refractivity contribution < 1.29 is 4.79 Å². The summed E-state index contributed by atoms with van der Waals surface area (Å²) in [7, 11) is 0. The minimum Gasteiger partial charge on any atom is -0.337 e. The van der Waals surface area contributed by atoms with Crippen molar-refractivity contribution in [2.75, 3.05) is 13.1 Å². The van der Waals surface area contributed by atoms with Gasteiger partial charge in [-0.3, -0.25) is 4.79 Å². The lowest BCUT2D eigenvalue weighted by molar-refractivity contribution is 0.0748. The highest BCUT2D eigenvalue weighted by atomic mass is 79.9. The number of hydrogen-bond donors (Lipinski definition) is 1. The van der Waals surface area contributed by atoms with Crippen LogP contribution >= 0.6 is 15.9 Å². The van der Waals surface area contributed by atoms with Gasteiger partial charge in [-0.1, -0.05) is 15.9 Å². The maximum absolute atomic E-state index is 12.6. The number of halogens is 1. The third kappa shape index (κ3) is 2.84. The topological polar surface area (TPSA) is 32.3 Å². The molecule has 102 valence electrons. The van der Waals surface area contributed by atoms with Crippen LogP contribution in [0, 0.1) is 6.92 Å². The molecule has 2 aliphatic heterocycles. The molecule has 0 saturated carbocycles. The van der Waals surface area contributed by atoms with Gasteiger partial charge in [-0.05, 0) is 49.9 Å².